The molecule has 1 atom stereocenters. The van der Waals surface area contributed by atoms with E-state index in [1.807, 2.05) is 12.1 Å². The summed E-state index contributed by atoms with van der Waals surface area (Å²) in [6.45, 7) is 10.2. The summed E-state index contributed by atoms with van der Waals surface area (Å²) < 4.78 is 0. The molecule has 1 rings (SSSR count). The fourth-order valence-electron chi connectivity index (χ4n) is 2.16. The van der Waals surface area contributed by atoms with Gasteiger partial charge in [-0.15, -0.1) is 0 Å². The standard InChI is InChI=1S/C17H28ClN/c1-5-12-19-15(10-11-17(2,3)4)13-14-8-6-7-9-16(14)18/h6-9,15,19H,5,10-13H2,1-4H3. The quantitative estimate of drug-likeness (QED) is 0.735. The van der Waals surface area contributed by atoms with Crippen molar-refractivity contribution in [2.24, 2.45) is 5.41 Å². The molecule has 0 spiro atoms. The van der Waals surface area contributed by atoms with Crippen molar-refractivity contribution in [3.8, 4) is 0 Å². The zero-order chi connectivity index (χ0) is 14.3. The first-order chi connectivity index (χ1) is 8.92. The Labute approximate surface area is 123 Å². The second kappa shape index (κ2) is 7.91. The summed E-state index contributed by atoms with van der Waals surface area (Å²) in [6.07, 6.45) is 4.64. The van der Waals surface area contributed by atoms with Crippen molar-refractivity contribution < 1.29 is 0 Å². The first-order valence-electron chi connectivity index (χ1n) is 7.39. The van der Waals surface area contributed by atoms with E-state index in [9.17, 15) is 0 Å². The molecule has 2 heteroatoms. The predicted molar refractivity (Wildman–Crippen MR) is 85.9 cm³/mol. The third-order valence-corrected chi connectivity index (χ3v) is 3.72. The molecule has 0 saturated heterocycles. The SMILES string of the molecule is CCCNC(CCC(C)(C)C)Cc1ccccc1Cl. The van der Waals surface area contributed by atoms with Crippen molar-refractivity contribution in [1.29, 1.82) is 0 Å². The minimum Gasteiger partial charge on any atom is -0.314 e. The van der Waals surface area contributed by atoms with Crippen molar-refractivity contribution in [2.75, 3.05) is 6.54 Å². The highest BCUT2D eigenvalue weighted by Crippen LogP contribution is 2.24. The van der Waals surface area contributed by atoms with E-state index in [2.05, 4.69) is 45.1 Å². The van der Waals surface area contributed by atoms with E-state index in [1.165, 1.54) is 24.8 Å². The van der Waals surface area contributed by atoms with Gasteiger partial charge in [0.25, 0.3) is 0 Å². The van der Waals surface area contributed by atoms with Gasteiger partial charge in [0.1, 0.15) is 0 Å². The molecule has 1 nitrogen and oxygen atoms in total. The molecule has 0 amide bonds. The minimum atomic E-state index is 0.395. The predicted octanol–water partition coefficient (Wildman–Crippen LogP) is 5.08. The highest BCUT2D eigenvalue weighted by molar-refractivity contribution is 6.31. The van der Waals surface area contributed by atoms with E-state index in [0.717, 1.165) is 18.0 Å². The fraction of sp³-hybridized carbons (Fsp3) is 0.647. The summed E-state index contributed by atoms with van der Waals surface area (Å²) in [4.78, 5) is 0. The van der Waals surface area contributed by atoms with Gasteiger partial charge < -0.3 is 5.32 Å². The van der Waals surface area contributed by atoms with Crippen LogP contribution in [-0.4, -0.2) is 12.6 Å². The van der Waals surface area contributed by atoms with Gasteiger partial charge in [-0.1, -0.05) is 57.5 Å². The van der Waals surface area contributed by atoms with Crippen LogP contribution in [0.1, 0.15) is 52.5 Å². The molecule has 0 heterocycles. The fourth-order valence-corrected chi connectivity index (χ4v) is 2.37. The normalized spacial score (nSPS) is 13.5. The van der Waals surface area contributed by atoms with Crippen molar-refractivity contribution in [2.45, 2.75) is 59.4 Å². The molecular formula is C17H28ClN. The van der Waals surface area contributed by atoms with E-state index in [4.69, 9.17) is 11.6 Å². The molecule has 0 bridgehead atoms. The smallest absolute Gasteiger partial charge is 0.0438 e. The maximum Gasteiger partial charge on any atom is 0.0438 e. The zero-order valence-electron chi connectivity index (χ0n) is 12.8. The van der Waals surface area contributed by atoms with E-state index in [0.29, 0.717) is 11.5 Å². The first-order valence-corrected chi connectivity index (χ1v) is 7.77. The maximum absolute atomic E-state index is 6.26. The Bertz CT molecular complexity index is 368. The van der Waals surface area contributed by atoms with E-state index in [-0.39, 0.29) is 0 Å². The molecule has 0 aromatic heterocycles. The Balaban J connectivity index is 2.61. The van der Waals surface area contributed by atoms with Crippen LogP contribution in [0, 0.1) is 5.41 Å². The maximum atomic E-state index is 6.26. The molecule has 0 fully saturated rings. The molecule has 1 N–H and O–H groups in total. The minimum absolute atomic E-state index is 0.395. The number of hydrogen-bond acceptors (Lipinski definition) is 1. The van der Waals surface area contributed by atoms with Crippen molar-refractivity contribution in [1.82, 2.24) is 5.32 Å². The van der Waals surface area contributed by atoms with Crippen LogP contribution in [0.4, 0.5) is 0 Å². The zero-order valence-corrected chi connectivity index (χ0v) is 13.6. The lowest BCUT2D eigenvalue weighted by molar-refractivity contribution is 0.328. The number of hydrogen-bond donors (Lipinski definition) is 1. The number of halogens is 1. The third-order valence-electron chi connectivity index (χ3n) is 3.35. The van der Waals surface area contributed by atoms with E-state index >= 15 is 0 Å². The first kappa shape index (κ1) is 16.5. The molecular weight excluding hydrogens is 254 g/mol. The highest BCUT2D eigenvalue weighted by atomic mass is 35.5. The van der Waals surface area contributed by atoms with Gasteiger partial charge in [-0.2, -0.15) is 0 Å². The molecule has 0 aliphatic rings. The lowest BCUT2D eigenvalue weighted by atomic mass is 9.87. The van der Waals surface area contributed by atoms with Crippen LogP contribution < -0.4 is 5.32 Å². The molecule has 0 saturated carbocycles. The summed E-state index contributed by atoms with van der Waals surface area (Å²) in [5.41, 5.74) is 1.65. The molecule has 1 unspecified atom stereocenters. The lowest BCUT2D eigenvalue weighted by Gasteiger charge is -2.24. The number of nitrogens with one attached hydrogen (secondary N) is 1. The Hall–Kier alpha value is -0.530. The Morgan fingerprint density at radius 1 is 1.21 bits per heavy atom. The number of rotatable bonds is 7. The second-order valence-corrected chi connectivity index (χ2v) is 6.95. The van der Waals surface area contributed by atoms with E-state index < -0.39 is 0 Å². The number of benzene rings is 1. The molecule has 108 valence electrons. The van der Waals surface area contributed by atoms with Crippen LogP contribution in [0.25, 0.3) is 0 Å². The van der Waals surface area contributed by atoms with Gasteiger partial charge >= 0.3 is 0 Å². The van der Waals surface area contributed by atoms with Gasteiger partial charge in [-0.3, -0.25) is 0 Å². The van der Waals surface area contributed by atoms with E-state index in [1.54, 1.807) is 0 Å². The second-order valence-electron chi connectivity index (χ2n) is 6.55. The molecule has 0 aliphatic carbocycles. The monoisotopic (exact) mass is 281 g/mol. The van der Waals surface area contributed by atoms with Gasteiger partial charge in [0, 0.05) is 11.1 Å². The summed E-state index contributed by atoms with van der Waals surface area (Å²) in [5.74, 6) is 0. The van der Waals surface area contributed by atoms with Crippen LogP contribution in [0.5, 0.6) is 0 Å². The molecule has 19 heavy (non-hydrogen) atoms. The molecule has 0 aliphatic heterocycles. The third kappa shape index (κ3) is 6.98. The van der Waals surface area contributed by atoms with Crippen LogP contribution >= 0.6 is 11.6 Å². The Morgan fingerprint density at radius 3 is 2.47 bits per heavy atom. The average molecular weight is 282 g/mol. The largest absolute Gasteiger partial charge is 0.314 e. The van der Waals surface area contributed by atoms with Gasteiger partial charge in [0.15, 0.2) is 0 Å². The van der Waals surface area contributed by atoms with Gasteiger partial charge in [0.2, 0.25) is 0 Å². The van der Waals surface area contributed by atoms with Crippen LogP contribution in [-0.2, 0) is 6.42 Å². The van der Waals surface area contributed by atoms with Crippen LogP contribution in [0.3, 0.4) is 0 Å². The lowest BCUT2D eigenvalue weighted by Crippen LogP contribution is -2.33. The topological polar surface area (TPSA) is 12.0 Å². The van der Waals surface area contributed by atoms with Gasteiger partial charge in [0.05, 0.1) is 0 Å². The molecule has 0 radical (unpaired) electrons. The highest BCUT2D eigenvalue weighted by Gasteiger charge is 2.16. The summed E-state index contributed by atoms with van der Waals surface area (Å²) in [5, 5.41) is 4.55. The summed E-state index contributed by atoms with van der Waals surface area (Å²) >= 11 is 6.26. The van der Waals surface area contributed by atoms with Gasteiger partial charge in [-0.25, -0.2) is 0 Å². The van der Waals surface area contributed by atoms with Gasteiger partial charge in [-0.05, 0) is 49.3 Å². The summed E-state index contributed by atoms with van der Waals surface area (Å²) in [7, 11) is 0. The van der Waals surface area contributed by atoms with Crippen molar-refractivity contribution >= 4 is 11.6 Å². The Morgan fingerprint density at radius 2 is 1.89 bits per heavy atom. The van der Waals surface area contributed by atoms with Crippen molar-refractivity contribution in [3.05, 3.63) is 34.9 Å². The summed E-state index contributed by atoms with van der Waals surface area (Å²) in [6, 6.07) is 8.72. The molecule has 1 aromatic rings. The molecule has 1 aromatic carbocycles. The van der Waals surface area contributed by atoms with Crippen LogP contribution in [0.15, 0.2) is 24.3 Å². The van der Waals surface area contributed by atoms with Crippen molar-refractivity contribution in [3.63, 3.8) is 0 Å². The average Bonchev–Trinajstić information content (AvgIpc) is 2.34. The van der Waals surface area contributed by atoms with Crippen LogP contribution in [0.2, 0.25) is 5.02 Å². The Kier molecular flexibility index (Phi) is 6.88.